The van der Waals surface area contributed by atoms with Crippen LogP contribution in [0, 0.1) is 0 Å². The Kier molecular flexibility index (Phi) is 3.72. The molecule has 0 aromatic heterocycles. The number of rotatable bonds is 4. The molecule has 2 nitrogen and oxygen atoms in total. The molecule has 0 fully saturated rings. The molecule has 0 radical (unpaired) electrons. The third kappa shape index (κ3) is 2.94. The second-order valence-corrected chi connectivity index (χ2v) is 3.59. The van der Waals surface area contributed by atoms with Gasteiger partial charge in [-0.05, 0) is 36.4 Å². The third-order valence-electron chi connectivity index (χ3n) is 2.12. The summed E-state index contributed by atoms with van der Waals surface area (Å²) in [6.45, 7) is 0. The van der Waals surface area contributed by atoms with E-state index in [0.717, 1.165) is 17.2 Å². The lowest BCUT2D eigenvalue weighted by Crippen LogP contribution is -1.93. The SMILES string of the molecule is SCNc1ccc(Oc2ccccc2)cc1. The van der Waals surface area contributed by atoms with Gasteiger partial charge in [0.2, 0.25) is 0 Å². The maximum atomic E-state index is 5.66. The molecule has 16 heavy (non-hydrogen) atoms. The topological polar surface area (TPSA) is 21.3 Å². The minimum Gasteiger partial charge on any atom is -0.457 e. The summed E-state index contributed by atoms with van der Waals surface area (Å²) in [5, 5.41) is 3.11. The van der Waals surface area contributed by atoms with Crippen molar-refractivity contribution in [1.29, 1.82) is 0 Å². The lowest BCUT2D eigenvalue weighted by atomic mass is 10.3. The lowest BCUT2D eigenvalue weighted by molar-refractivity contribution is 0.483. The molecule has 0 unspecified atom stereocenters. The van der Waals surface area contributed by atoms with Gasteiger partial charge in [0.25, 0.3) is 0 Å². The molecule has 2 aromatic carbocycles. The van der Waals surface area contributed by atoms with Crippen LogP contribution in [0.2, 0.25) is 0 Å². The molecule has 2 aromatic rings. The van der Waals surface area contributed by atoms with Crippen LogP contribution in [0.1, 0.15) is 0 Å². The van der Waals surface area contributed by atoms with E-state index in [9.17, 15) is 0 Å². The third-order valence-corrected chi connectivity index (χ3v) is 2.27. The van der Waals surface area contributed by atoms with Gasteiger partial charge < -0.3 is 10.1 Å². The molecule has 0 spiro atoms. The van der Waals surface area contributed by atoms with Gasteiger partial charge in [-0.25, -0.2) is 0 Å². The molecule has 0 amide bonds. The molecule has 0 heterocycles. The molecular weight excluding hydrogens is 218 g/mol. The zero-order valence-corrected chi connectivity index (χ0v) is 9.65. The Balaban J connectivity index is 2.05. The van der Waals surface area contributed by atoms with Crippen LogP contribution in [0.15, 0.2) is 54.6 Å². The summed E-state index contributed by atoms with van der Waals surface area (Å²) in [5.41, 5.74) is 1.04. The molecule has 1 N–H and O–H groups in total. The van der Waals surface area contributed by atoms with Crippen LogP contribution in [-0.4, -0.2) is 5.88 Å². The van der Waals surface area contributed by atoms with Crippen LogP contribution in [-0.2, 0) is 0 Å². The van der Waals surface area contributed by atoms with Crippen molar-refractivity contribution in [1.82, 2.24) is 0 Å². The van der Waals surface area contributed by atoms with E-state index in [4.69, 9.17) is 4.74 Å². The molecule has 0 aliphatic carbocycles. The fourth-order valence-corrected chi connectivity index (χ4v) is 1.54. The van der Waals surface area contributed by atoms with Gasteiger partial charge in [-0.15, -0.1) is 0 Å². The van der Waals surface area contributed by atoms with Gasteiger partial charge in [0.1, 0.15) is 11.5 Å². The van der Waals surface area contributed by atoms with E-state index in [2.05, 4.69) is 17.9 Å². The first-order chi connectivity index (χ1) is 7.88. The number of para-hydroxylation sites is 1. The Hall–Kier alpha value is -1.61. The van der Waals surface area contributed by atoms with E-state index in [1.54, 1.807) is 0 Å². The predicted octanol–water partition coefficient (Wildman–Crippen LogP) is 3.78. The van der Waals surface area contributed by atoms with Crippen molar-refractivity contribution in [3.63, 3.8) is 0 Å². The molecular formula is C13H13NOS. The minimum absolute atomic E-state index is 0.624. The van der Waals surface area contributed by atoms with Crippen LogP contribution in [0.4, 0.5) is 5.69 Å². The normalized spacial score (nSPS) is 9.81. The first kappa shape index (κ1) is 10.9. The summed E-state index contributed by atoms with van der Waals surface area (Å²) in [5.74, 6) is 2.30. The molecule has 0 saturated carbocycles. The predicted molar refractivity (Wildman–Crippen MR) is 70.4 cm³/mol. The van der Waals surface area contributed by atoms with Crippen molar-refractivity contribution in [2.24, 2.45) is 0 Å². The zero-order valence-electron chi connectivity index (χ0n) is 8.76. The molecule has 0 aliphatic rings. The summed E-state index contributed by atoms with van der Waals surface area (Å²) in [6.07, 6.45) is 0. The standard InChI is InChI=1S/C13H13NOS/c16-10-14-11-6-8-13(9-7-11)15-12-4-2-1-3-5-12/h1-9,14,16H,10H2. The summed E-state index contributed by atoms with van der Waals surface area (Å²) in [7, 11) is 0. The quantitative estimate of drug-likeness (QED) is 0.617. The second kappa shape index (κ2) is 5.47. The van der Waals surface area contributed by atoms with E-state index in [-0.39, 0.29) is 0 Å². The number of anilines is 1. The Bertz CT molecular complexity index is 427. The van der Waals surface area contributed by atoms with Gasteiger partial charge in [-0.2, -0.15) is 12.6 Å². The highest BCUT2D eigenvalue weighted by Gasteiger charge is 1.96. The van der Waals surface area contributed by atoms with Gasteiger partial charge in [0.15, 0.2) is 0 Å². The highest BCUT2D eigenvalue weighted by atomic mass is 32.1. The first-order valence-corrected chi connectivity index (χ1v) is 5.69. The maximum absolute atomic E-state index is 5.66. The summed E-state index contributed by atoms with van der Waals surface area (Å²) in [4.78, 5) is 0. The molecule has 0 saturated heterocycles. The minimum atomic E-state index is 0.624. The fraction of sp³-hybridized carbons (Fsp3) is 0.0769. The van der Waals surface area contributed by atoms with Gasteiger partial charge in [0.05, 0.1) is 5.88 Å². The van der Waals surface area contributed by atoms with Gasteiger partial charge >= 0.3 is 0 Å². The Morgan fingerprint density at radius 1 is 0.875 bits per heavy atom. The van der Waals surface area contributed by atoms with E-state index in [0.29, 0.717) is 5.88 Å². The average molecular weight is 231 g/mol. The monoisotopic (exact) mass is 231 g/mol. The van der Waals surface area contributed by atoms with Crippen LogP contribution in [0.3, 0.4) is 0 Å². The number of benzene rings is 2. The highest BCUT2D eigenvalue weighted by molar-refractivity contribution is 7.80. The number of hydrogen-bond acceptors (Lipinski definition) is 3. The number of hydrogen-bond donors (Lipinski definition) is 2. The molecule has 0 bridgehead atoms. The summed E-state index contributed by atoms with van der Waals surface area (Å²) in [6, 6.07) is 17.5. The number of thiol groups is 1. The van der Waals surface area contributed by atoms with Crippen LogP contribution >= 0.6 is 12.6 Å². The van der Waals surface area contributed by atoms with Crippen molar-refractivity contribution >= 4 is 18.3 Å². The lowest BCUT2D eigenvalue weighted by Gasteiger charge is -2.07. The van der Waals surface area contributed by atoms with E-state index >= 15 is 0 Å². The Labute approximate surface area is 101 Å². The van der Waals surface area contributed by atoms with Crippen LogP contribution in [0.5, 0.6) is 11.5 Å². The second-order valence-electron chi connectivity index (χ2n) is 3.27. The van der Waals surface area contributed by atoms with Crippen molar-refractivity contribution < 1.29 is 4.74 Å². The average Bonchev–Trinajstić information content (AvgIpc) is 2.33. The smallest absolute Gasteiger partial charge is 0.127 e. The molecule has 0 aliphatic heterocycles. The van der Waals surface area contributed by atoms with E-state index < -0.39 is 0 Å². The summed E-state index contributed by atoms with van der Waals surface area (Å²) >= 11 is 4.10. The Morgan fingerprint density at radius 3 is 2.12 bits per heavy atom. The van der Waals surface area contributed by atoms with Crippen molar-refractivity contribution in [2.45, 2.75) is 0 Å². The van der Waals surface area contributed by atoms with Crippen molar-refractivity contribution in [3.8, 4) is 11.5 Å². The number of ether oxygens (including phenoxy) is 1. The van der Waals surface area contributed by atoms with Gasteiger partial charge in [-0.3, -0.25) is 0 Å². The Morgan fingerprint density at radius 2 is 1.50 bits per heavy atom. The van der Waals surface area contributed by atoms with E-state index in [1.807, 2.05) is 54.6 Å². The largest absolute Gasteiger partial charge is 0.457 e. The summed E-state index contributed by atoms with van der Waals surface area (Å²) < 4.78 is 5.66. The molecule has 0 atom stereocenters. The van der Waals surface area contributed by atoms with Crippen molar-refractivity contribution in [3.05, 3.63) is 54.6 Å². The number of nitrogens with one attached hydrogen (secondary N) is 1. The van der Waals surface area contributed by atoms with Gasteiger partial charge in [0, 0.05) is 5.69 Å². The fourth-order valence-electron chi connectivity index (χ4n) is 1.36. The molecule has 82 valence electrons. The van der Waals surface area contributed by atoms with Crippen LogP contribution < -0.4 is 10.1 Å². The molecule has 3 heteroatoms. The van der Waals surface area contributed by atoms with E-state index in [1.165, 1.54) is 0 Å². The van der Waals surface area contributed by atoms with Crippen LogP contribution in [0.25, 0.3) is 0 Å². The van der Waals surface area contributed by atoms with Crippen molar-refractivity contribution in [2.75, 3.05) is 11.2 Å². The highest BCUT2D eigenvalue weighted by Crippen LogP contribution is 2.22. The zero-order chi connectivity index (χ0) is 11.2. The van der Waals surface area contributed by atoms with Gasteiger partial charge in [-0.1, -0.05) is 18.2 Å². The maximum Gasteiger partial charge on any atom is 0.127 e. The molecule has 2 rings (SSSR count). The first-order valence-electron chi connectivity index (χ1n) is 5.06.